The van der Waals surface area contributed by atoms with Crippen LogP contribution in [0.3, 0.4) is 0 Å². The van der Waals surface area contributed by atoms with Gasteiger partial charge >= 0.3 is 0 Å². The molecule has 0 spiro atoms. The fraction of sp³-hybridized carbons (Fsp3) is 0.429. The Balaban J connectivity index is 1.87. The lowest BCUT2D eigenvalue weighted by atomic mass is 10.1. The quantitative estimate of drug-likeness (QED) is 0.745. The minimum atomic E-state index is -0.0623. The van der Waals surface area contributed by atoms with Crippen LogP contribution in [0.25, 0.3) is 0 Å². The van der Waals surface area contributed by atoms with E-state index in [9.17, 15) is 4.79 Å². The summed E-state index contributed by atoms with van der Waals surface area (Å²) in [6, 6.07) is 11.3. The number of nitrogens with zero attached hydrogens (tertiary/aromatic N) is 1. The summed E-state index contributed by atoms with van der Waals surface area (Å²) in [7, 11) is 0. The average Bonchev–Trinajstić information content (AvgIpc) is 2.84. The molecule has 1 aromatic carbocycles. The summed E-state index contributed by atoms with van der Waals surface area (Å²) in [5.74, 6) is -0.0623. The molecule has 1 saturated carbocycles. The Morgan fingerprint density at radius 3 is 2.82 bits per heavy atom. The molecule has 2 rings (SSSR count). The van der Waals surface area contributed by atoms with Gasteiger partial charge in [0.1, 0.15) is 6.61 Å². The van der Waals surface area contributed by atoms with Gasteiger partial charge in [-0.2, -0.15) is 5.26 Å². The zero-order chi connectivity index (χ0) is 12.1. The summed E-state index contributed by atoms with van der Waals surface area (Å²) in [5.41, 5.74) is 0.666. The molecular weight excluding hydrogens is 214 g/mol. The topological polar surface area (TPSA) is 50.1 Å². The minimum absolute atomic E-state index is 0.0193. The molecule has 0 bridgehead atoms. The van der Waals surface area contributed by atoms with E-state index >= 15 is 0 Å². The second-order valence-electron chi connectivity index (χ2n) is 4.31. The number of carbonyl (C=O) groups is 1. The van der Waals surface area contributed by atoms with Crippen molar-refractivity contribution in [3.63, 3.8) is 0 Å². The highest BCUT2D eigenvalue weighted by Crippen LogP contribution is 2.27. The third-order valence-corrected chi connectivity index (χ3v) is 3.14. The predicted octanol–water partition coefficient (Wildman–Crippen LogP) is 2.58. The lowest BCUT2D eigenvalue weighted by Gasteiger charge is -2.13. The molecule has 2 unspecified atom stereocenters. The Hall–Kier alpha value is -1.66. The molecule has 1 aromatic rings. The van der Waals surface area contributed by atoms with Crippen LogP contribution in [0.5, 0.6) is 0 Å². The van der Waals surface area contributed by atoms with E-state index in [2.05, 4.69) is 6.07 Å². The number of ketones is 1. The van der Waals surface area contributed by atoms with Gasteiger partial charge in [-0.05, 0) is 19.3 Å². The first-order chi connectivity index (χ1) is 8.31. The normalized spacial score (nSPS) is 23.2. The average molecular weight is 229 g/mol. The Labute approximate surface area is 101 Å². The van der Waals surface area contributed by atoms with E-state index in [0.717, 1.165) is 19.3 Å². The van der Waals surface area contributed by atoms with Gasteiger partial charge < -0.3 is 4.74 Å². The lowest BCUT2D eigenvalue weighted by Crippen LogP contribution is -2.21. The molecule has 2 atom stereocenters. The van der Waals surface area contributed by atoms with E-state index in [1.807, 2.05) is 18.2 Å². The van der Waals surface area contributed by atoms with E-state index in [1.54, 1.807) is 12.1 Å². The van der Waals surface area contributed by atoms with Crippen LogP contribution in [0.4, 0.5) is 0 Å². The van der Waals surface area contributed by atoms with Crippen LogP contribution in [-0.2, 0) is 4.74 Å². The first-order valence-electron chi connectivity index (χ1n) is 5.90. The van der Waals surface area contributed by atoms with Gasteiger partial charge in [-0.25, -0.2) is 0 Å². The van der Waals surface area contributed by atoms with Crippen molar-refractivity contribution < 1.29 is 9.53 Å². The van der Waals surface area contributed by atoms with E-state index in [-0.39, 0.29) is 24.4 Å². The molecule has 88 valence electrons. The van der Waals surface area contributed by atoms with E-state index < -0.39 is 0 Å². The molecule has 3 heteroatoms. The Morgan fingerprint density at radius 2 is 2.12 bits per heavy atom. The standard InChI is InChI=1S/C14H15NO2/c15-9-12-7-4-8-14(12)17-10-13(16)11-5-2-1-3-6-11/h1-3,5-6,12,14H,4,7-8,10H2. The van der Waals surface area contributed by atoms with Gasteiger partial charge in [0, 0.05) is 5.56 Å². The molecule has 1 fully saturated rings. The van der Waals surface area contributed by atoms with Crippen molar-refractivity contribution in [2.24, 2.45) is 5.92 Å². The monoisotopic (exact) mass is 229 g/mol. The largest absolute Gasteiger partial charge is 0.369 e. The Kier molecular flexibility index (Phi) is 3.89. The van der Waals surface area contributed by atoms with Crippen molar-refractivity contribution in [1.29, 1.82) is 5.26 Å². The maximum absolute atomic E-state index is 11.8. The molecule has 0 amide bonds. The highest BCUT2D eigenvalue weighted by Gasteiger charge is 2.28. The van der Waals surface area contributed by atoms with Crippen molar-refractivity contribution in [2.75, 3.05) is 6.61 Å². The maximum Gasteiger partial charge on any atom is 0.188 e. The van der Waals surface area contributed by atoms with Crippen LogP contribution in [0.2, 0.25) is 0 Å². The molecule has 3 nitrogen and oxygen atoms in total. The van der Waals surface area contributed by atoms with E-state index in [0.29, 0.717) is 5.56 Å². The van der Waals surface area contributed by atoms with Gasteiger partial charge in [-0.15, -0.1) is 0 Å². The van der Waals surface area contributed by atoms with Crippen molar-refractivity contribution in [3.8, 4) is 6.07 Å². The third-order valence-electron chi connectivity index (χ3n) is 3.14. The molecule has 0 aliphatic heterocycles. The molecule has 0 saturated heterocycles. The van der Waals surface area contributed by atoms with Gasteiger partial charge in [-0.3, -0.25) is 4.79 Å². The van der Waals surface area contributed by atoms with Crippen molar-refractivity contribution in [3.05, 3.63) is 35.9 Å². The summed E-state index contributed by atoms with van der Waals surface area (Å²) in [5, 5.41) is 8.90. The van der Waals surface area contributed by atoms with Gasteiger partial charge in [0.25, 0.3) is 0 Å². The first kappa shape index (κ1) is 11.8. The molecule has 0 N–H and O–H groups in total. The number of ether oxygens (including phenoxy) is 1. The molecule has 0 aromatic heterocycles. The maximum atomic E-state index is 11.8. The number of hydrogen-bond acceptors (Lipinski definition) is 3. The van der Waals surface area contributed by atoms with Crippen molar-refractivity contribution >= 4 is 5.78 Å². The smallest absolute Gasteiger partial charge is 0.188 e. The summed E-state index contributed by atoms with van der Waals surface area (Å²) in [4.78, 5) is 11.8. The highest BCUT2D eigenvalue weighted by molar-refractivity contribution is 5.97. The summed E-state index contributed by atoms with van der Waals surface area (Å²) < 4.78 is 5.55. The molecule has 0 heterocycles. The Morgan fingerprint density at radius 1 is 1.35 bits per heavy atom. The van der Waals surface area contributed by atoms with Crippen molar-refractivity contribution in [2.45, 2.75) is 25.4 Å². The van der Waals surface area contributed by atoms with Crippen molar-refractivity contribution in [1.82, 2.24) is 0 Å². The fourth-order valence-corrected chi connectivity index (χ4v) is 2.16. The summed E-state index contributed by atoms with van der Waals surface area (Å²) in [6.45, 7) is 0.0762. The zero-order valence-electron chi connectivity index (χ0n) is 9.63. The van der Waals surface area contributed by atoms with Crippen LogP contribution >= 0.6 is 0 Å². The number of nitriles is 1. The SMILES string of the molecule is N#CC1CCCC1OCC(=O)c1ccccc1. The second-order valence-corrected chi connectivity index (χ2v) is 4.31. The van der Waals surface area contributed by atoms with Gasteiger partial charge in [-0.1, -0.05) is 30.3 Å². The number of Topliss-reactive ketones (excluding diaryl/α,β-unsaturated/α-hetero) is 1. The Bertz CT molecular complexity index is 422. The van der Waals surface area contributed by atoms with E-state index in [4.69, 9.17) is 10.00 Å². The fourth-order valence-electron chi connectivity index (χ4n) is 2.16. The molecule has 1 aliphatic carbocycles. The second kappa shape index (κ2) is 5.60. The van der Waals surface area contributed by atoms with Crippen LogP contribution in [-0.4, -0.2) is 18.5 Å². The number of rotatable bonds is 4. The van der Waals surface area contributed by atoms with Crippen LogP contribution in [0.1, 0.15) is 29.6 Å². The molecule has 0 radical (unpaired) electrons. The highest BCUT2D eigenvalue weighted by atomic mass is 16.5. The van der Waals surface area contributed by atoms with Crippen LogP contribution in [0, 0.1) is 17.2 Å². The van der Waals surface area contributed by atoms with Gasteiger partial charge in [0.15, 0.2) is 5.78 Å². The van der Waals surface area contributed by atoms with Gasteiger partial charge in [0.05, 0.1) is 18.1 Å². The van der Waals surface area contributed by atoms with Gasteiger partial charge in [0.2, 0.25) is 0 Å². The summed E-state index contributed by atoms with van der Waals surface area (Å²) in [6.07, 6.45) is 2.73. The third kappa shape index (κ3) is 2.92. The summed E-state index contributed by atoms with van der Waals surface area (Å²) >= 11 is 0. The predicted molar refractivity (Wildman–Crippen MR) is 63.5 cm³/mol. The van der Waals surface area contributed by atoms with E-state index in [1.165, 1.54) is 0 Å². The van der Waals surface area contributed by atoms with Crippen LogP contribution < -0.4 is 0 Å². The first-order valence-corrected chi connectivity index (χ1v) is 5.90. The minimum Gasteiger partial charge on any atom is -0.369 e. The number of benzene rings is 1. The molecule has 1 aliphatic rings. The van der Waals surface area contributed by atoms with Crippen LogP contribution in [0.15, 0.2) is 30.3 Å². The molecule has 17 heavy (non-hydrogen) atoms. The lowest BCUT2D eigenvalue weighted by molar-refractivity contribution is 0.0376. The number of hydrogen-bond donors (Lipinski definition) is 0. The molecular formula is C14H15NO2. The number of carbonyl (C=O) groups excluding carboxylic acids is 1. The zero-order valence-corrected chi connectivity index (χ0v) is 9.63.